The molecular weight excluding hydrogens is 498 g/mol. The fraction of sp³-hybridized carbons (Fsp3) is 0.172. The number of hydrogen-bond donors (Lipinski definition) is 2. The summed E-state index contributed by atoms with van der Waals surface area (Å²) in [6, 6.07) is 21.4. The van der Waals surface area contributed by atoms with Gasteiger partial charge >= 0.3 is 5.97 Å². The lowest BCUT2D eigenvalue weighted by Gasteiger charge is -2.11. The van der Waals surface area contributed by atoms with Gasteiger partial charge in [0.05, 0.1) is 43.1 Å². The van der Waals surface area contributed by atoms with Crippen molar-refractivity contribution in [1.82, 2.24) is 19.3 Å². The molecule has 3 aromatic carbocycles. The second-order valence-corrected chi connectivity index (χ2v) is 8.99. The summed E-state index contributed by atoms with van der Waals surface area (Å²) in [6.07, 6.45) is 0.471. The van der Waals surface area contributed by atoms with Crippen LogP contribution in [0.1, 0.15) is 21.5 Å². The molecule has 0 bridgehead atoms. The summed E-state index contributed by atoms with van der Waals surface area (Å²) in [5, 5.41) is 13.8. The van der Waals surface area contributed by atoms with Gasteiger partial charge in [0.2, 0.25) is 5.95 Å². The van der Waals surface area contributed by atoms with Crippen LogP contribution >= 0.6 is 0 Å². The monoisotopic (exact) mass is 525 g/mol. The van der Waals surface area contributed by atoms with Crippen LogP contribution in [0.4, 0.5) is 5.95 Å². The zero-order valence-corrected chi connectivity index (χ0v) is 21.5. The number of ether oxygens (including phenoxy) is 2. The molecule has 10 heteroatoms. The Morgan fingerprint density at radius 3 is 2.46 bits per heavy atom. The van der Waals surface area contributed by atoms with Gasteiger partial charge in [0.1, 0.15) is 0 Å². The fourth-order valence-electron chi connectivity index (χ4n) is 4.51. The summed E-state index contributed by atoms with van der Waals surface area (Å²) in [7, 11) is 3.15. The summed E-state index contributed by atoms with van der Waals surface area (Å²) in [5.41, 5.74) is 11.0. The van der Waals surface area contributed by atoms with E-state index in [-0.39, 0.29) is 11.1 Å². The first kappa shape index (κ1) is 25.5. The quantitative estimate of drug-likeness (QED) is 0.296. The van der Waals surface area contributed by atoms with Gasteiger partial charge in [-0.1, -0.05) is 30.3 Å². The maximum Gasteiger partial charge on any atom is 0.335 e. The number of aromatic carboxylic acids is 1. The van der Waals surface area contributed by atoms with Crippen LogP contribution < -0.4 is 20.8 Å². The number of aryl methyl sites for hydroxylation is 2. The third-order valence-corrected chi connectivity index (χ3v) is 6.50. The van der Waals surface area contributed by atoms with Crippen molar-refractivity contribution in [2.75, 3.05) is 20.0 Å². The standard InChI is InChI=1S/C29H27N5O5/c1-38-25-15-23-24(16-26(25)39-2)33(29(30)31-23)17-19-6-4-7-20(14-19)22-9-10-27(35)34(32-22)12-11-18-5-3-8-21(13-18)28(36)37/h3-10,13-16H,11-12,17H2,1-2H3,(H2,30,31)(H,36,37). The molecular formula is C29H27N5O5. The van der Waals surface area contributed by atoms with Gasteiger partial charge in [-0.15, -0.1) is 0 Å². The molecule has 0 fully saturated rings. The Morgan fingerprint density at radius 1 is 0.949 bits per heavy atom. The van der Waals surface area contributed by atoms with Crippen LogP contribution in [0.2, 0.25) is 0 Å². The van der Waals surface area contributed by atoms with Gasteiger partial charge in [0, 0.05) is 30.3 Å². The molecule has 0 aliphatic rings. The highest BCUT2D eigenvalue weighted by atomic mass is 16.5. The van der Waals surface area contributed by atoms with E-state index >= 15 is 0 Å². The number of hydrogen-bond acceptors (Lipinski definition) is 7. The van der Waals surface area contributed by atoms with E-state index in [1.165, 1.54) is 16.8 Å². The Balaban J connectivity index is 1.40. The highest BCUT2D eigenvalue weighted by molar-refractivity contribution is 5.87. The SMILES string of the molecule is COc1cc2nc(N)n(Cc3cccc(-c4ccc(=O)n(CCc5cccc(C(=O)O)c5)n4)c3)c2cc1OC. The molecule has 5 rings (SSSR count). The number of carbonyl (C=O) groups is 1. The number of rotatable bonds is 9. The zero-order chi connectivity index (χ0) is 27.5. The maximum absolute atomic E-state index is 12.5. The van der Waals surface area contributed by atoms with E-state index in [2.05, 4.69) is 10.1 Å². The number of anilines is 1. The summed E-state index contributed by atoms with van der Waals surface area (Å²) < 4.78 is 14.1. The van der Waals surface area contributed by atoms with Crippen molar-refractivity contribution in [2.24, 2.45) is 0 Å². The smallest absolute Gasteiger partial charge is 0.335 e. The molecule has 5 aromatic rings. The predicted molar refractivity (Wildman–Crippen MR) is 147 cm³/mol. The molecule has 2 aromatic heterocycles. The number of carboxylic acids is 1. The summed E-state index contributed by atoms with van der Waals surface area (Å²) in [5.74, 6) is 0.538. The molecule has 0 atom stereocenters. The maximum atomic E-state index is 12.5. The van der Waals surface area contributed by atoms with E-state index in [1.807, 2.05) is 41.0 Å². The van der Waals surface area contributed by atoms with Gasteiger partial charge in [0.15, 0.2) is 11.5 Å². The van der Waals surface area contributed by atoms with E-state index < -0.39 is 5.97 Å². The minimum atomic E-state index is -0.988. The van der Waals surface area contributed by atoms with Crippen LogP contribution in [0.3, 0.4) is 0 Å². The Labute approximate surface area is 223 Å². The molecule has 0 radical (unpaired) electrons. The van der Waals surface area contributed by atoms with Gasteiger partial charge in [-0.3, -0.25) is 4.79 Å². The van der Waals surface area contributed by atoms with Crippen LogP contribution in [0.5, 0.6) is 11.5 Å². The lowest BCUT2D eigenvalue weighted by atomic mass is 10.1. The molecule has 0 amide bonds. The van der Waals surface area contributed by atoms with Crippen LogP contribution in [-0.4, -0.2) is 44.6 Å². The number of nitrogens with two attached hydrogens (primary N) is 1. The molecule has 0 saturated heterocycles. The van der Waals surface area contributed by atoms with Crippen LogP contribution in [0.15, 0.2) is 77.6 Å². The lowest BCUT2D eigenvalue weighted by molar-refractivity contribution is 0.0696. The summed E-state index contributed by atoms with van der Waals surface area (Å²) in [4.78, 5) is 28.2. The normalized spacial score (nSPS) is 11.0. The number of imidazole rings is 1. The lowest BCUT2D eigenvalue weighted by Crippen LogP contribution is -2.23. The third-order valence-electron chi connectivity index (χ3n) is 6.50. The molecule has 0 aliphatic carbocycles. The van der Waals surface area contributed by atoms with Crippen LogP contribution in [-0.2, 0) is 19.5 Å². The van der Waals surface area contributed by atoms with Gasteiger partial charge < -0.3 is 24.9 Å². The van der Waals surface area contributed by atoms with E-state index in [1.54, 1.807) is 38.5 Å². The number of fused-ring (bicyclic) bond motifs is 1. The minimum absolute atomic E-state index is 0.210. The molecule has 3 N–H and O–H groups in total. The topological polar surface area (TPSA) is 134 Å². The van der Waals surface area contributed by atoms with Gasteiger partial charge in [-0.05, 0) is 41.8 Å². The fourth-order valence-corrected chi connectivity index (χ4v) is 4.51. The first-order valence-corrected chi connectivity index (χ1v) is 12.2. The van der Waals surface area contributed by atoms with Gasteiger partial charge in [-0.25, -0.2) is 14.5 Å². The molecule has 39 heavy (non-hydrogen) atoms. The van der Waals surface area contributed by atoms with Crippen molar-refractivity contribution >= 4 is 23.0 Å². The molecule has 10 nitrogen and oxygen atoms in total. The number of methoxy groups -OCH3 is 2. The van der Waals surface area contributed by atoms with E-state index in [0.717, 1.165) is 22.2 Å². The zero-order valence-electron chi connectivity index (χ0n) is 21.5. The largest absolute Gasteiger partial charge is 0.493 e. The minimum Gasteiger partial charge on any atom is -0.493 e. The van der Waals surface area contributed by atoms with Crippen molar-refractivity contribution in [3.63, 3.8) is 0 Å². The highest BCUT2D eigenvalue weighted by Gasteiger charge is 2.15. The average molecular weight is 526 g/mol. The number of aromatic nitrogens is 4. The number of benzene rings is 3. The van der Waals surface area contributed by atoms with E-state index in [9.17, 15) is 14.7 Å². The Bertz CT molecular complexity index is 1740. The number of nitrogen functional groups attached to an aromatic ring is 1. The van der Waals surface area contributed by atoms with Crippen molar-refractivity contribution in [2.45, 2.75) is 19.5 Å². The van der Waals surface area contributed by atoms with Crippen LogP contribution in [0.25, 0.3) is 22.3 Å². The van der Waals surface area contributed by atoms with Crippen molar-refractivity contribution in [3.05, 3.63) is 99.8 Å². The van der Waals surface area contributed by atoms with Gasteiger partial charge in [-0.2, -0.15) is 5.10 Å². The first-order chi connectivity index (χ1) is 18.9. The molecule has 2 heterocycles. The molecule has 0 spiro atoms. The van der Waals surface area contributed by atoms with Crippen molar-refractivity contribution in [3.8, 4) is 22.8 Å². The molecule has 198 valence electrons. The Kier molecular flexibility index (Phi) is 7.00. The second-order valence-electron chi connectivity index (χ2n) is 8.99. The van der Waals surface area contributed by atoms with Gasteiger partial charge in [0.25, 0.3) is 5.56 Å². The summed E-state index contributed by atoms with van der Waals surface area (Å²) in [6.45, 7) is 0.781. The third kappa shape index (κ3) is 5.30. The van der Waals surface area contributed by atoms with E-state index in [4.69, 9.17) is 15.2 Å². The van der Waals surface area contributed by atoms with Crippen molar-refractivity contribution in [1.29, 1.82) is 0 Å². The molecule has 0 saturated carbocycles. The Hall–Kier alpha value is -5.12. The molecule has 0 unspecified atom stereocenters. The Morgan fingerprint density at radius 2 is 1.69 bits per heavy atom. The highest BCUT2D eigenvalue weighted by Crippen LogP contribution is 2.33. The predicted octanol–water partition coefficient (Wildman–Crippen LogP) is 3.85. The second kappa shape index (κ2) is 10.7. The van der Waals surface area contributed by atoms with E-state index in [0.29, 0.717) is 48.2 Å². The molecule has 0 aliphatic heterocycles. The number of nitrogens with zero attached hydrogens (tertiary/aromatic N) is 4. The number of carboxylic acid groups (broad SMARTS) is 1. The van der Waals surface area contributed by atoms with Crippen molar-refractivity contribution < 1.29 is 19.4 Å². The average Bonchev–Trinajstić information content (AvgIpc) is 3.25. The summed E-state index contributed by atoms with van der Waals surface area (Å²) >= 11 is 0. The first-order valence-electron chi connectivity index (χ1n) is 12.2. The van der Waals surface area contributed by atoms with Crippen LogP contribution in [0, 0.1) is 0 Å².